The Morgan fingerprint density at radius 2 is 1.92 bits per heavy atom. The van der Waals surface area contributed by atoms with Gasteiger partial charge in [-0.2, -0.15) is 13.2 Å². The van der Waals surface area contributed by atoms with E-state index in [0.717, 1.165) is 18.3 Å². The molecule has 0 spiro atoms. The molecule has 0 saturated carbocycles. The molecule has 2 fully saturated rings. The SMILES string of the molecule is O=C(c1ccc(C(F)(F)F)nc1)N1CCC(N2CC(CF)CC2=O)CC1. The van der Waals surface area contributed by atoms with Crippen LogP contribution in [-0.4, -0.2) is 58.9 Å². The first-order valence-electron chi connectivity index (χ1n) is 8.47. The van der Waals surface area contributed by atoms with Crippen molar-refractivity contribution in [3.8, 4) is 0 Å². The van der Waals surface area contributed by atoms with Crippen LogP contribution in [0.2, 0.25) is 0 Å². The van der Waals surface area contributed by atoms with Gasteiger partial charge in [-0.25, -0.2) is 0 Å². The van der Waals surface area contributed by atoms with Crippen LogP contribution < -0.4 is 0 Å². The number of halogens is 4. The Labute approximate surface area is 148 Å². The number of hydrogen-bond acceptors (Lipinski definition) is 3. The fourth-order valence-electron chi connectivity index (χ4n) is 3.52. The van der Waals surface area contributed by atoms with Gasteiger partial charge in [0, 0.05) is 44.2 Å². The average molecular weight is 373 g/mol. The summed E-state index contributed by atoms with van der Waals surface area (Å²) in [7, 11) is 0. The lowest BCUT2D eigenvalue weighted by Gasteiger charge is -2.36. The molecule has 2 aliphatic rings. The van der Waals surface area contributed by atoms with Crippen LogP contribution >= 0.6 is 0 Å². The third kappa shape index (κ3) is 3.81. The van der Waals surface area contributed by atoms with E-state index in [1.165, 1.54) is 0 Å². The number of hydrogen-bond donors (Lipinski definition) is 0. The zero-order chi connectivity index (χ0) is 18.9. The van der Waals surface area contributed by atoms with Crippen molar-refractivity contribution >= 4 is 11.8 Å². The molecule has 26 heavy (non-hydrogen) atoms. The molecular formula is C17H19F4N3O2. The van der Waals surface area contributed by atoms with Crippen molar-refractivity contribution in [2.45, 2.75) is 31.5 Å². The molecule has 5 nitrogen and oxygen atoms in total. The number of alkyl halides is 4. The normalized spacial score (nSPS) is 22.2. The number of amides is 2. The van der Waals surface area contributed by atoms with E-state index in [9.17, 15) is 27.2 Å². The van der Waals surface area contributed by atoms with Gasteiger partial charge in [0.2, 0.25) is 5.91 Å². The highest BCUT2D eigenvalue weighted by atomic mass is 19.4. The van der Waals surface area contributed by atoms with E-state index in [-0.39, 0.29) is 35.8 Å². The number of rotatable bonds is 3. The maximum absolute atomic E-state index is 12.8. The molecule has 1 aromatic heterocycles. The summed E-state index contributed by atoms with van der Waals surface area (Å²) >= 11 is 0. The Morgan fingerprint density at radius 1 is 1.23 bits per heavy atom. The molecule has 9 heteroatoms. The lowest BCUT2D eigenvalue weighted by molar-refractivity contribution is -0.141. The van der Waals surface area contributed by atoms with Gasteiger partial charge in [0.15, 0.2) is 0 Å². The van der Waals surface area contributed by atoms with Gasteiger partial charge >= 0.3 is 6.18 Å². The second-order valence-corrected chi connectivity index (χ2v) is 6.72. The number of aromatic nitrogens is 1. The van der Waals surface area contributed by atoms with E-state index < -0.39 is 18.5 Å². The molecule has 1 aromatic rings. The van der Waals surface area contributed by atoms with Crippen molar-refractivity contribution in [1.82, 2.24) is 14.8 Å². The minimum atomic E-state index is -4.54. The van der Waals surface area contributed by atoms with Crippen LogP contribution in [0.15, 0.2) is 18.3 Å². The van der Waals surface area contributed by atoms with Gasteiger partial charge in [-0.3, -0.25) is 19.0 Å². The fraction of sp³-hybridized carbons (Fsp3) is 0.588. The van der Waals surface area contributed by atoms with E-state index in [4.69, 9.17) is 0 Å². The largest absolute Gasteiger partial charge is 0.433 e. The molecule has 3 heterocycles. The van der Waals surface area contributed by atoms with E-state index in [0.29, 0.717) is 32.5 Å². The molecule has 2 aliphatic heterocycles. The first-order chi connectivity index (χ1) is 12.3. The standard InChI is InChI=1S/C17H19F4N3O2/c18-8-11-7-15(25)24(10-11)13-3-5-23(6-4-13)16(26)12-1-2-14(22-9-12)17(19,20)21/h1-2,9,11,13H,3-8,10H2. The number of likely N-dealkylation sites (tertiary alicyclic amines) is 2. The molecule has 2 amide bonds. The van der Waals surface area contributed by atoms with Crippen molar-refractivity contribution < 1.29 is 27.2 Å². The van der Waals surface area contributed by atoms with Gasteiger partial charge in [-0.05, 0) is 25.0 Å². The maximum atomic E-state index is 12.8. The van der Waals surface area contributed by atoms with Crippen LogP contribution in [-0.2, 0) is 11.0 Å². The zero-order valence-electron chi connectivity index (χ0n) is 14.0. The first kappa shape index (κ1) is 18.6. The van der Waals surface area contributed by atoms with E-state index in [1.807, 2.05) is 0 Å². The summed E-state index contributed by atoms with van der Waals surface area (Å²) in [6, 6.07) is 1.90. The van der Waals surface area contributed by atoms with Gasteiger partial charge in [0.1, 0.15) is 5.69 Å². The number of pyridine rings is 1. The third-order valence-corrected chi connectivity index (χ3v) is 4.95. The summed E-state index contributed by atoms with van der Waals surface area (Å²) in [6.45, 7) is 0.695. The molecule has 1 atom stereocenters. The van der Waals surface area contributed by atoms with E-state index in [1.54, 1.807) is 9.80 Å². The second-order valence-electron chi connectivity index (χ2n) is 6.72. The summed E-state index contributed by atoms with van der Waals surface area (Å²) < 4.78 is 50.4. The molecule has 0 aromatic carbocycles. The fourth-order valence-corrected chi connectivity index (χ4v) is 3.52. The van der Waals surface area contributed by atoms with Crippen molar-refractivity contribution in [3.05, 3.63) is 29.6 Å². The van der Waals surface area contributed by atoms with E-state index >= 15 is 0 Å². The van der Waals surface area contributed by atoms with Gasteiger partial charge in [0.25, 0.3) is 5.91 Å². The smallest absolute Gasteiger partial charge is 0.339 e. The highest BCUT2D eigenvalue weighted by molar-refractivity contribution is 5.94. The molecule has 0 radical (unpaired) electrons. The predicted octanol–water partition coefficient (Wildman–Crippen LogP) is 2.52. The minimum Gasteiger partial charge on any atom is -0.339 e. The number of piperidine rings is 1. The van der Waals surface area contributed by atoms with E-state index in [2.05, 4.69) is 4.98 Å². The molecule has 3 rings (SSSR count). The highest BCUT2D eigenvalue weighted by Crippen LogP contribution is 2.28. The Bertz CT molecular complexity index is 670. The molecule has 2 saturated heterocycles. The summed E-state index contributed by atoms with van der Waals surface area (Å²) in [5, 5.41) is 0. The Morgan fingerprint density at radius 3 is 2.42 bits per heavy atom. The van der Waals surface area contributed by atoms with Crippen LogP contribution in [0.3, 0.4) is 0 Å². The molecule has 0 N–H and O–H groups in total. The van der Waals surface area contributed by atoms with Gasteiger partial charge in [0.05, 0.1) is 12.2 Å². The van der Waals surface area contributed by atoms with Crippen LogP contribution in [0.25, 0.3) is 0 Å². The first-order valence-corrected chi connectivity index (χ1v) is 8.47. The predicted molar refractivity (Wildman–Crippen MR) is 84.0 cm³/mol. The summed E-state index contributed by atoms with van der Waals surface area (Å²) in [5.41, 5.74) is -0.936. The molecule has 0 bridgehead atoms. The van der Waals surface area contributed by atoms with Gasteiger partial charge in [-0.1, -0.05) is 0 Å². The highest BCUT2D eigenvalue weighted by Gasteiger charge is 2.37. The lowest BCUT2D eigenvalue weighted by atomic mass is 10.0. The quantitative estimate of drug-likeness (QED) is 0.765. The Hall–Kier alpha value is -2.19. The second kappa shape index (κ2) is 7.20. The third-order valence-electron chi connectivity index (χ3n) is 4.95. The maximum Gasteiger partial charge on any atom is 0.433 e. The number of carbonyl (C=O) groups excluding carboxylic acids is 2. The van der Waals surface area contributed by atoms with Crippen molar-refractivity contribution in [2.75, 3.05) is 26.3 Å². The van der Waals surface area contributed by atoms with Crippen LogP contribution in [0.4, 0.5) is 17.6 Å². The Kier molecular flexibility index (Phi) is 5.15. The van der Waals surface area contributed by atoms with Crippen LogP contribution in [0.5, 0.6) is 0 Å². The van der Waals surface area contributed by atoms with Crippen molar-refractivity contribution in [3.63, 3.8) is 0 Å². The van der Waals surface area contributed by atoms with Crippen molar-refractivity contribution in [2.24, 2.45) is 5.92 Å². The minimum absolute atomic E-state index is 0.0196. The summed E-state index contributed by atoms with van der Waals surface area (Å²) in [5.74, 6) is -0.677. The summed E-state index contributed by atoms with van der Waals surface area (Å²) in [6.07, 6.45) is -2.23. The summed E-state index contributed by atoms with van der Waals surface area (Å²) in [4.78, 5) is 31.0. The molecular weight excluding hydrogens is 354 g/mol. The van der Waals surface area contributed by atoms with Crippen LogP contribution in [0, 0.1) is 5.92 Å². The van der Waals surface area contributed by atoms with Gasteiger partial charge < -0.3 is 9.80 Å². The molecule has 0 aliphatic carbocycles. The lowest BCUT2D eigenvalue weighted by Crippen LogP contribution is -2.47. The van der Waals surface area contributed by atoms with Gasteiger partial charge in [-0.15, -0.1) is 0 Å². The average Bonchev–Trinajstić information content (AvgIpc) is 3.01. The molecule has 1 unspecified atom stereocenters. The van der Waals surface area contributed by atoms with Crippen LogP contribution in [0.1, 0.15) is 35.3 Å². The Balaban J connectivity index is 1.58. The number of carbonyl (C=O) groups is 2. The number of nitrogens with zero attached hydrogens (tertiary/aromatic N) is 3. The monoisotopic (exact) mass is 373 g/mol. The zero-order valence-corrected chi connectivity index (χ0v) is 14.0. The topological polar surface area (TPSA) is 53.5 Å². The molecule has 142 valence electrons. The van der Waals surface area contributed by atoms with Crippen molar-refractivity contribution in [1.29, 1.82) is 0 Å².